The number of fused-ring (bicyclic) bond motifs is 1. The molecule has 3 atom stereocenters. The van der Waals surface area contributed by atoms with Crippen LogP contribution in [0.25, 0.3) is 10.9 Å². The lowest BCUT2D eigenvalue weighted by Crippen LogP contribution is -2.57. The van der Waals surface area contributed by atoms with Gasteiger partial charge in [0.25, 0.3) is 11.8 Å². The number of nitrogens with one attached hydrogen (secondary N) is 2. The second-order valence-electron chi connectivity index (χ2n) is 10.1. The van der Waals surface area contributed by atoms with Crippen LogP contribution < -0.4 is 10.6 Å². The number of likely N-dealkylation sites (tertiary alicyclic amines) is 1. The first kappa shape index (κ1) is 25.1. The Balaban J connectivity index is 1.44. The summed E-state index contributed by atoms with van der Waals surface area (Å²) in [5, 5.41) is 17.6. The molecule has 1 aliphatic carbocycles. The molecule has 1 aliphatic heterocycles. The standard InChI is InChI=1S/C27H36N4O4/c1-17(2)23(30-25(33)21-15-14-18-9-6-7-12-20(18)29-21)27(35)31-16-8-13-22(31)24(32)26(34)28-19-10-4-3-5-11-19/h6-7,9,12,14-15,17,19,22-24,32H,3-5,8,10-11,13,16H2,1-2H3,(H,28,34)(H,30,33)/t22?,23-,24?/m0/s1. The van der Waals surface area contributed by atoms with E-state index in [2.05, 4.69) is 15.6 Å². The Bertz CT molecular complexity index is 1070. The largest absolute Gasteiger partial charge is 0.381 e. The lowest BCUT2D eigenvalue weighted by Gasteiger charge is -2.33. The smallest absolute Gasteiger partial charge is 0.270 e. The lowest BCUT2D eigenvalue weighted by atomic mass is 9.95. The monoisotopic (exact) mass is 480 g/mol. The maximum absolute atomic E-state index is 13.5. The normalized spacial score (nSPS) is 20.6. The van der Waals surface area contributed by atoms with Gasteiger partial charge < -0.3 is 20.6 Å². The summed E-state index contributed by atoms with van der Waals surface area (Å²) in [6.07, 6.45) is 5.16. The van der Waals surface area contributed by atoms with Crippen LogP contribution in [0.4, 0.5) is 0 Å². The summed E-state index contributed by atoms with van der Waals surface area (Å²) in [6, 6.07) is 9.73. The van der Waals surface area contributed by atoms with Crippen molar-refractivity contribution in [2.45, 2.75) is 83.0 Å². The molecule has 8 nitrogen and oxygen atoms in total. The minimum Gasteiger partial charge on any atom is -0.381 e. The van der Waals surface area contributed by atoms with Crippen LogP contribution in [-0.4, -0.2) is 63.5 Å². The van der Waals surface area contributed by atoms with Gasteiger partial charge in [-0.1, -0.05) is 57.4 Å². The second kappa shape index (κ2) is 11.2. The SMILES string of the molecule is CC(C)[C@H](NC(=O)c1ccc2ccccc2n1)C(=O)N1CCCC1C(O)C(=O)NC1CCCCC1. The van der Waals surface area contributed by atoms with E-state index in [9.17, 15) is 19.5 Å². The number of benzene rings is 1. The number of aliphatic hydroxyl groups excluding tert-OH is 1. The Morgan fingerprint density at radius 2 is 1.74 bits per heavy atom. The summed E-state index contributed by atoms with van der Waals surface area (Å²) < 4.78 is 0. The highest BCUT2D eigenvalue weighted by molar-refractivity contribution is 5.98. The van der Waals surface area contributed by atoms with E-state index in [0.29, 0.717) is 24.9 Å². The molecule has 1 saturated heterocycles. The first-order valence-corrected chi connectivity index (χ1v) is 12.8. The van der Waals surface area contributed by atoms with E-state index in [1.807, 2.05) is 44.2 Å². The van der Waals surface area contributed by atoms with Gasteiger partial charge in [-0.2, -0.15) is 0 Å². The summed E-state index contributed by atoms with van der Waals surface area (Å²) in [4.78, 5) is 45.3. The molecule has 3 amide bonds. The van der Waals surface area contributed by atoms with Crippen LogP contribution in [0.5, 0.6) is 0 Å². The van der Waals surface area contributed by atoms with Gasteiger partial charge in [-0.3, -0.25) is 14.4 Å². The van der Waals surface area contributed by atoms with E-state index < -0.39 is 30.0 Å². The average molecular weight is 481 g/mol. The van der Waals surface area contributed by atoms with Crippen molar-refractivity contribution in [2.24, 2.45) is 5.92 Å². The summed E-state index contributed by atoms with van der Waals surface area (Å²) in [5.74, 6) is -1.29. The molecule has 0 spiro atoms. The van der Waals surface area contributed by atoms with Gasteiger partial charge in [0.15, 0.2) is 6.10 Å². The highest BCUT2D eigenvalue weighted by atomic mass is 16.3. The number of para-hydroxylation sites is 1. The molecule has 1 saturated carbocycles. The van der Waals surface area contributed by atoms with Gasteiger partial charge in [-0.05, 0) is 43.7 Å². The average Bonchev–Trinajstić information content (AvgIpc) is 3.36. The van der Waals surface area contributed by atoms with E-state index in [1.165, 1.54) is 6.42 Å². The Morgan fingerprint density at radius 3 is 2.49 bits per heavy atom. The number of hydrogen-bond donors (Lipinski definition) is 3. The molecule has 2 heterocycles. The number of aromatic nitrogens is 1. The van der Waals surface area contributed by atoms with Crippen molar-refractivity contribution in [2.75, 3.05) is 6.54 Å². The molecular weight excluding hydrogens is 444 g/mol. The van der Waals surface area contributed by atoms with Gasteiger partial charge >= 0.3 is 0 Å². The maximum atomic E-state index is 13.5. The molecule has 1 aromatic carbocycles. The van der Waals surface area contributed by atoms with Crippen molar-refractivity contribution in [1.82, 2.24) is 20.5 Å². The van der Waals surface area contributed by atoms with E-state index in [1.54, 1.807) is 11.0 Å². The summed E-state index contributed by atoms with van der Waals surface area (Å²) >= 11 is 0. The number of pyridine rings is 1. The Hall–Kier alpha value is -3.00. The van der Waals surface area contributed by atoms with Crippen LogP contribution in [0, 0.1) is 5.92 Å². The number of hydrogen-bond acceptors (Lipinski definition) is 5. The van der Waals surface area contributed by atoms with Crippen molar-refractivity contribution in [3.05, 3.63) is 42.1 Å². The molecule has 35 heavy (non-hydrogen) atoms. The zero-order valence-corrected chi connectivity index (χ0v) is 20.6. The Kier molecular flexibility index (Phi) is 8.00. The predicted octanol–water partition coefficient (Wildman–Crippen LogP) is 2.79. The van der Waals surface area contributed by atoms with Crippen LogP contribution in [0.15, 0.2) is 36.4 Å². The fourth-order valence-corrected chi connectivity index (χ4v) is 5.20. The maximum Gasteiger partial charge on any atom is 0.270 e. The highest BCUT2D eigenvalue weighted by Gasteiger charge is 2.41. The number of amides is 3. The Morgan fingerprint density at radius 1 is 1.00 bits per heavy atom. The molecule has 2 aliphatic rings. The van der Waals surface area contributed by atoms with Crippen molar-refractivity contribution in [3.8, 4) is 0 Å². The van der Waals surface area contributed by atoms with Gasteiger partial charge in [-0.25, -0.2) is 4.98 Å². The first-order chi connectivity index (χ1) is 16.8. The summed E-state index contributed by atoms with van der Waals surface area (Å²) in [7, 11) is 0. The number of carbonyl (C=O) groups is 3. The third kappa shape index (κ3) is 5.81. The molecule has 3 N–H and O–H groups in total. The number of aliphatic hydroxyl groups is 1. The number of rotatable bonds is 7. The topological polar surface area (TPSA) is 112 Å². The molecule has 0 bridgehead atoms. The zero-order valence-electron chi connectivity index (χ0n) is 20.6. The molecule has 2 fully saturated rings. The van der Waals surface area contributed by atoms with Crippen LogP contribution in [0.1, 0.15) is 69.3 Å². The van der Waals surface area contributed by atoms with Crippen LogP contribution >= 0.6 is 0 Å². The van der Waals surface area contributed by atoms with Crippen molar-refractivity contribution >= 4 is 28.6 Å². The molecule has 2 aromatic rings. The van der Waals surface area contributed by atoms with Crippen molar-refractivity contribution in [1.29, 1.82) is 0 Å². The lowest BCUT2D eigenvalue weighted by molar-refractivity contribution is -0.141. The molecule has 0 radical (unpaired) electrons. The van der Waals surface area contributed by atoms with Gasteiger partial charge in [-0.15, -0.1) is 0 Å². The first-order valence-electron chi connectivity index (χ1n) is 12.8. The number of carbonyl (C=O) groups excluding carboxylic acids is 3. The van der Waals surface area contributed by atoms with E-state index >= 15 is 0 Å². The van der Waals surface area contributed by atoms with Crippen molar-refractivity contribution < 1.29 is 19.5 Å². The molecule has 188 valence electrons. The van der Waals surface area contributed by atoms with Gasteiger partial charge in [0.05, 0.1) is 11.6 Å². The van der Waals surface area contributed by atoms with E-state index in [-0.39, 0.29) is 23.6 Å². The minimum absolute atomic E-state index is 0.0913. The quantitative estimate of drug-likeness (QED) is 0.564. The molecule has 2 unspecified atom stereocenters. The fraction of sp³-hybridized carbons (Fsp3) is 0.556. The van der Waals surface area contributed by atoms with Gasteiger partial charge in [0, 0.05) is 18.0 Å². The Labute approximate surface area is 206 Å². The van der Waals surface area contributed by atoms with Gasteiger partial charge in [0.1, 0.15) is 11.7 Å². The third-order valence-electron chi connectivity index (χ3n) is 7.22. The highest BCUT2D eigenvalue weighted by Crippen LogP contribution is 2.24. The predicted molar refractivity (Wildman–Crippen MR) is 134 cm³/mol. The van der Waals surface area contributed by atoms with Gasteiger partial charge in [0.2, 0.25) is 5.91 Å². The van der Waals surface area contributed by atoms with Crippen molar-refractivity contribution in [3.63, 3.8) is 0 Å². The summed E-state index contributed by atoms with van der Waals surface area (Å²) in [5.41, 5.74) is 0.950. The van der Waals surface area contributed by atoms with E-state index in [4.69, 9.17) is 0 Å². The third-order valence-corrected chi connectivity index (χ3v) is 7.22. The van der Waals surface area contributed by atoms with E-state index in [0.717, 1.165) is 31.1 Å². The summed E-state index contributed by atoms with van der Waals surface area (Å²) in [6.45, 7) is 4.19. The second-order valence-corrected chi connectivity index (χ2v) is 10.1. The molecule has 8 heteroatoms. The molecule has 1 aromatic heterocycles. The zero-order chi connectivity index (χ0) is 24.9. The van der Waals surface area contributed by atoms with Crippen LogP contribution in [0.2, 0.25) is 0 Å². The van der Waals surface area contributed by atoms with Crippen LogP contribution in [0.3, 0.4) is 0 Å². The number of nitrogens with zero attached hydrogens (tertiary/aromatic N) is 2. The molecular formula is C27H36N4O4. The van der Waals surface area contributed by atoms with Crippen LogP contribution in [-0.2, 0) is 9.59 Å². The minimum atomic E-state index is -1.28. The molecule has 4 rings (SSSR count). The fourth-order valence-electron chi connectivity index (χ4n) is 5.20.